The minimum Gasteiger partial charge on any atom is -0.369 e. The molecule has 2 aromatic rings. The highest BCUT2D eigenvalue weighted by Gasteiger charge is 2.34. The van der Waals surface area contributed by atoms with E-state index in [0.717, 1.165) is 11.8 Å². The Balaban J connectivity index is 2.14. The van der Waals surface area contributed by atoms with Crippen LogP contribution >= 0.6 is 0 Å². The molecule has 0 saturated carbocycles. The third-order valence-electron chi connectivity index (χ3n) is 5.31. The topological polar surface area (TPSA) is 182 Å². The van der Waals surface area contributed by atoms with Gasteiger partial charge < -0.3 is 21.7 Å². The Bertz CT molecular complexity index is 1220. The zero-order valence-electron chi connectivity index (χ0n) is 20.3. The van der Waals surface area contributed by atoms with Crippen LogP contribution in [0.1, 0.15) is 24.0 Å². The number of ketones is 1. The number of carbonyl (C=O) groups is 5. The van der Waals surface area contributed by atoms with Crippen LogP contribution in [0.2, 0.25) is 0 Å². The van der Waals surface area contributed by atoms with E-state index in [1.165, 1.54) is 0 Å². The molecule has 0 fully saturated rings. The SMILES string of the molecule is CS(=O)(=O)[C@@H](CCNC(=O)CC(N)=O)C(=O)N[C@@H](Cc1ccccc1)C(=O)C(=O)NCc1ccccc1. The summed E-state index contributed by atoms with van der Waals surface area (Å²) in [5.74, 6) is -4.43. The molecule has 2 atom stereocenters. The van der Waals surface area contributed by atoms with Gasteiger partial charge in [-0.2, -0.15) is 0 Å². The minimum atomic E-state index is -3.96. The maximum atomic E-state index is 13.0. The molecule has 0 saturated heterocycles. The Morgan fingerprint density at radius 1 is 0.865 bits per heavy atom. The second-order valence-electron chi connectivity index (χ2n) is 8.38. The molecule has 5 N–H and O–H groups in total. The number of primary amides is 1. The summed E-state index contributed by atoms with van der Waals surface area (Å²) in [4.78, 5) is 61.1. The summed E-state index contributed by atoms with van der Waals surface area (Å²) in [5.41, 5.74) is 6.35. The Morgan fingerprint density at radius 2 is 1.43 bits per heavy atom. The van der Waals surface area contributed by atoms with Crippen LogP contribution < -0.4 is 21.7 Å². The van der Waals surface area contributed by atoms with Crippen LogP contribution in [0.15, 0.2) is 60.7 Å². The summed E-state index contributed by atoms with van der Waals surface area (Å²) in [7, 11) is -3.96. The van der Waals surface area contributed by atoms with Gasteiger partial charge in [-0.1, -0.05) is 60.7 Å². The summed E-state index contributed by atoms with van der Waals surface area (Å²) in [5, 5.41) is 5.63. The first-order valence-electron chi connectivity index (χ1n) is 11.4. The largest absolute Gasteiger partial charge is 0.369 e. The molecule has 0 aromatic heterocycles. The molecule has 0 aliphatic heterocycles. The van der Waals surface area contributed by atoms with Crippen LogP contribution in [0.25, 0.3) is 0 Å². The van der Waals surface area contributed by atoms with Crippen molar-refractivity contribution in [2.75, 3.05) is 12.8 Å². The highest BCUT2D eigenvalue weighted by atomic mass is 32.2. The Hall–Kier alpha value is -4.06. The van der Waals surface area contributed by atoms with E-state index in [2.05, 4.69) is 16.0 Å². The molecule has 0 aliphatic rings. The van der Waals surface area contributed by atoms with Crippen molar-refractivity contribution >= 4 is 39.2 Å². The first kappa shape index (κ1) is 29.2. The molecule has 0 spiro atoms. The lowest BCUT2D eigenvalue weighted by molar-refractivity contribution is -0.140. The lowest BCUT2D eigenvalue weighted by atomic mass is 10.0. The van der Waals surface area contributed by atoms with Gasteiger partial charge in [-0.15, -0.1) is 0 Å². The predicted molar refractivity (Wildman–Crippen MR) is 135 cm³/mol. The Labute approximate surface area is 215 Å². The van der Waals surface area contributed by atoms with Gasteiger partial charge in [-0.3, -0.25) is 24.0 Å². The van der Waals surface area contributed by atoms with Gasteiger partial charge in [0.2, 0.25) is 23.5 Å². The van der Waals surface area contributed by atoms with Crippen molar-refractivity contribution in [3.8, 4) is 0 Å². The van der Waals surface area contributed by atoms with Gasteiger partial charge in [0, 0.05) is 25.8 Å². The van der Waals surface area contributed by atoms with Gasteiger partial charge >= 0.3 is 0 Å². The molecule has 11 nitrogen and oxygen atoms in total. The maximum absolute atomic E-state index is 13.0. The van der Waals surface area contributed by atoms with Gasteiger partial charge in [0.15, 0.2) is 9.84 Å². The van der Waals surface area contributed by atoms with Crippen molar-refractivity contribution in [1.82, 2.24) is 16.0 Å². The Morgan fingerprint density at radius 3 is 1.97 bits per heavy atom. The quantitative estimate of drug-likeness (QED) is 0.186. The fraction of sp³-hybridized carbons (Fsp3) is 0.320. The zero-order valence-corrected chi connectivity index (χ0v) is 21.1. The van der Waals surface area contributed by atoms with Crippen LogP contribution in [-0.4, -0.2) is 61.9 Å². The Kier molecular flexibility index (Phi) is 10.9. The summed E-state index contributed by atoms with van der Waals surface area (Å²) in [6.07, 6.45) is -0.0951. The van der Waals surface area contributed by atoms with Crippen molar-refractivity contribution in [3.63, 3.8) is 0 Å². The molecule has 0 radical (unpaired) electrons. The number of rotatable bonds is 14. The third-order valence-corrected chi connectivity index (χ3v) is 6.79. The first-order chi connectivity index (χ1) is 17.5. The van der Waals surface area contributed by atoms with Crippen LogP contribution in [0.5, 0.6) is 0 Å². The van der Waals surface area contributed by atoms with Gasteiger partial charge in [-0.05, 0) is 17.5 Å². The normalized spacial score (nSPS) is 12.6. The predicted octanol–water partition coefficient (Wildman–Crippen LogP) is -0.606. The van der Waals surface area contributed by atoms with Gasteiger partial charge in [0.1, 0.15) is 17.7 Å². The molecule has 2 rings (SSSR count). The van der Waals surface area contributed by atoms with E-state index < -0.39 is 57.0 Å². The molecule has 0 bridgehead atoms. The fourth-order valence-electron chi connectivity index (χ4n) is 3.45. The molecule has 198 valence electrons. The molecule has 4 amide bonds. The van der Waals surface area contributed by atoms with E-state index in [1.54, 1.807) is 54.6 Å². The number of amides is 4. The highest BCUT2D eigenvalue weighted by Crippen LogP contribution is 2.09. The third kappa shape index (κ3) is 10.2. The summed E-state index contributed by atoms with van der Waals surface area (Å²) in [6.45, 7) is -0.138. The number of hydrogen-bond acceptors (Lipinski definition) is 7. The maximum Gasteiger partial charge on any atom is 0.289 e. The smallest absolute Gasteiger partial charge is 0.289 e. The number of benzene rings is 2. The number of Topliss-reactive ketones (excluding diaryl/α,β-unsaturated/α-hetero) is 1. The number of nitrogens with one attached hydrogen (secondary N) is 3. The van der Waals surface area contributed by atoms with E-state index in [1.807, 2.05) is 6.07 Å². The van der Waals surface area contributed by atoms with E-state index >= 15 is 0 Å². The molecule has 2 aromatic carbocycles. The van der Waals surface area contributed by atoms with Gasteiger partial charge in [0.05, 0.1) is 0 Å². The zero-order chi connectivity index (χ0) is 27.4. The average Bonchev–Trinajstić information content (AvgIpc) is 2.84. The van der Waals surface area contributed by atoms with Gasteiger partial charge in [-0.25, -0.2) is 8.42 Å². The van der Waals surface area contributed by atoms with Crippen LogP contribution in [0.4, 0.5) is 0 Å². The molecule has 0 unspecified atom stereocenters. The summed E-state index contributed by atoms with van der Waals surface area (Å²) in [6, 6.07) is 16.2. The average molecular weight is 531 g/mol. The lowest BCUT2D eigenvalue weighted by Gasteiger charge is -2.21. The van der Waals surface area contributed by atoms with Gasteiger partial charge in [0.25, 0.3) is 5.91 Å². The number of carbonyl (C=O) groups excluding carboxylic acids is 5. The van der Waals surface area contributed by atoms with E-state index in [4.69, 9.17) is 5.73 Å². The second-order valence-corrected chi connectivity index (χ2v) is 10.6. The van der Waals surface area contributed by atoms with Crippen molar-refractivity contribution in [2.24, 2.45) is 5.73 Å². The van der Waals surface area contributed by atoms with Crippen molar-refractivity contribution in [2.45, 2.75) is 37.1 Å². The van der Waals surface area contributed by atoms with E-state index in [9.17, 15) is 32.4 Å². The van der Waals surface area contributed by atoms with Crippen LogP contribution in [0.3, 0.4) is 0 Å². The van der Waals surface area contributed by atoms with Crippen molar-refractivity contribution < 1.29 is 32.4 Å². The molecular weight excluding hydrogens is 500 g/mol. The molecule has 0 heterocycles. The van der Waals surface area contributed by atoms with Crippen LogP contribution in [0, 0.1) is 0 Å². The lowest BCUT2D eigenvalue weighted by Crippen LogP contribution is -2.52. The standard InChI is InChI=1S/C25H30N4O7S/c1-37(35,36)20(12-13-27-22(31)15-21(26)30)24(33)29-19(14-17-8-4-2-5-9-17)23(32)25(34)28-16-18-10-6-3-7-11-18/h2-11,19-20H,12-16H2,1H3,(H2,26,30)(H,27,31)(H,28,34)(H,29,33)/t19-,20-/m0/s1. The van der Waals surface area contributed by atoms with Crippen molar-refractivity contribution in [1.29, 1.82) is 0 Å². The van der Waals surface area contributed by atoms with E-state index in [0.29, 0.717) is 5.56 Å². The number of hydrogen-bond donors (Lipinski definition) is 4. The summed E-state index contributed by atoms with van der Waals surface area (Å²) >= 11 is 0. The number of sulfone groups is 1. The van der Waals surface area contributed by atoms with E-state index in [-0.39, 0.29) is 25.9 Å². The molecule has 37 heavy (non-hydrogen) atoms. The monoisotopic (exact) mass is 530 g/mol. The second kappa shape index (κ2) is 13.9. The summed E-state index contributed by atoms with van der Waals surface area (Å²) < 4.78 is 24.6. The first-order valence-corrected chi connectivity index (χ1v) is 13.4. The molecule has 12 heteroatoms. The molecule has 0 aliphatic carbocycles. The highest BCUT2D eigenvalue weighted by molar-refractivity contribution is 7.92. The minimum absolute atomic E-state index is 0.0456. The fourth-order valence-corrected chi connectivity index (χ4v) is 4.45. The van der Waals surface area contributed by atoms with Crippen molar-refractivity contribution in [3.05, 3.63) is 71.8 Å². The number of nitrogens with two attached hydrogens (primary N) is 1. The molecular formula is C25H30N4O7S. The van der Waals surface area contributed by atoms with Crippen LogP contribution in [-0.2, 0) is 46.8 Å².